The highest BCUT2D eigenvalue weighted by Crippen LogP contribution is 2.28. The Balaban J connectivity index is 0.00000242. The van der Waals surface area contributed by atoms with Crippen molar-refractivity contribution >= 4 is 41.3 Å². The molecule has 0 spiro atoms. The quantitative estimate of drug-likeness (QED) is 0.430. The van der Waals surface area contributed by atoms with Gasteiger partial charge >= 0.3 is 0 Å². The first-order chi connectivity index (χ1) is 9.97. The first kappa shape index (κ1) is 19.7. The van der Waals surface area contributed by atoms with Gasteiger partial charge in [0, 0.05) is 18.0 Å². The molecular weight excluding hydrogens is 407 g/mol. The molecule has 0 aromatic carbocycles. The minimum absolute atomic E-state index is 0. The maximum absolute atomic E-state index is 4.56. The number of aromatic nitrogens is 1. The average molecular weight is 436 g/mol. The minimum Gasteiger partial charge on any atom is -0.354 e. The van der Waals surface area contributed by atoms with Gasteiger partial charge in [-0.3, -0.25) is 4.99 Å². The van der Waals surface area contributed by atoms with Crippen LogP contribution in [0.15, 0.2) is 4.99 Å². The van der Waals surface area contributed by atoms with Crippen LogP contribution in [-0.2, 0) is 6.54 Å². The first-order valence-electron chi connectivity index (χ1n) is 7.88. The van der Waals surface area contributed by atoms with Gasteiger partial charge in [-0.15, -0.1) is 35.3 Å². The number of guanidine groups is 1. The normalized spacial score (nSPS) is 25.5. The molecule has 0 bridgehead atoms. The fourth-order valence-electron chi connectivity index (χ4n) is 3.23. The molecule has 1 saturated carbocycles. The lowest BCUT2D eigenvalue weighted by molar-refractivity contribution is 0.255. The third-order valence-electron chi connectivity index (χ3n) is 4.22. The summed E-state index contributed by atoms with van der Waals surface area (Å²) in [5.74, 6) is 2.49. The summed E-state index contributed by atoms with van der Waals surface area (Å²) in [5, 5.41) is 8.09. The van der Waals surface area contributed by atoms with Crippen LogP contribution in [-0.4, -0.2) is 24.0 Å². The van der Waals surface area contributed by atoms with Crippen LogP contribution < -0.4 is 10.6 Å². The van der Waals surface area contributed by atoms with Crippen LogP contribution in [0.2, 0.25) is 0 Å². The Bertz CT molecular complexity index is 471. The van der Waals surface area contributed by atoms with E-state index in [4.69, 9.17) is 0 Å². The van der Waals surface area contributed by atoms with Crippen LogP contribution in [0.3, 0.4) is 0 Å². The van der Waals surface area contributed by atoms with Crippen molar-refractivity contribution < 1.29 is 0 Å². The van der Waals surface area contributed by atoms with Gasteiger partial charge in [-0.2, -0.15) is 0 Å². The predicted molar refractivity (Wildman–Crippen MR) is 106 cm³/mol. The van der Waals surface area contributed by atoms with E-state index in [0.29, 0.717) is 6.04 Å². The molecule has 22 heavy (non-hydrogen) atoms. The van der Waals surface area contributed by atoms with E-state index in [-0.39, 0.29) is 24.0 Å². The summed E-state index contributed by atoms with van der Waals surface area (Å²) in [7, 11) is 1.84. The molecule has 0 aliphatic heterocycles. The number of nitrogens with one attached hydrogen (secondary N) is 2. The fourth-order valence-corrected chi connectivity index (χ4v) is 4.10. The second-order valence-electron chi connectivity index (χ2n) is 6.43. The molecule has 1 aromatic heterocycles. The largest absolute Gasteiger partial charge is 0.354 e. The number of rotatable bonds is 3. The first-order valence-corrected chi connectivity index (χ1v) is 8.69. The van der Waals surface area contributed by atoms with Crippen molar-refractivity contribution in [1.82, 2.24) is 15.6 Å². The topological polar surface area (TPSA) is 49.3 Å². The summed E-state index contributed by atoms with van der Waals surface area (Å²) < 4.78 is 0. The average Bonchev–Trinajstić information content (AvgIpc) is 2.72. The number of hydrogen-bond donors (Lipinski definition) is 2. The summed E-state index contributed by atoms with van der Waals surface area (Å²) in [5.41, 5.74) is 1.13. The smallest absolute Gasteiger partial charge is 0.191 e. The Morgan fingerprint density at radius 1 is 1.23 bits per heavy atom. The van der Waals surface area contributed by atoms with Gasteiger partial charge in [0.15, 0.2) is 5.96 Å². The number of nitrogens with zero attached hydrogens (tertiary/aromatic N) is 2. The third-order valence-corrected chi connectivity index (χ3v) is 5.30. The molecule has 1 heterocycles. The van der Waals surface area contributed by atoms with Crippen molar-refractivity contribution in [3.05, 3.63) is 15.6 Å². The summed E-state index contributed by atoms with van der Waals surface area (Å²) in [6.45, 7) is 9.63. The van der Waals surface area contributed by atoms with Gasteiger partial charge in [0.2, 0.25) is 0 Å². The molecule has 126 valence electrons. The SMILES string of the molecule is CN=C(NCc1nc(C)c(C)s1)NC1CC(C)CC(C)C1.I. The number of aliphatic imine (C=N–C) groups is 1. The van der Waals surface area contributed by atoms with E-state index in [1.54, 1.807) is 11.3 Å². The van der Waals surface area contributed by atoms with E-state index in [1.807, 2.05) is 7.05 Å². The second kappa shape index (κ2) is 9.05. The highest BCUT2D eigenvalue weighted by molar-refractivity contribution is 14.0. The van der Waals surface area contributed by atoms with Crippen molar-refractivity contribution in [3.8, 4) is 0 Å². The molecule has 0 saturated heterocycles. The van der Waals surface area contributed by atoms with Crippen molar-refractivity contribution in [2.24, 2.45) is 16.8 Å². The molecule has 2 atom stereocenters. The molecule has 0 radical (unpaired) electrons. The molecular formula is C16H29IN4S. The van der Waals surface area contributed by atoms with Crippen LogP contribution in [0, 0.1) is 25.7 Å². The molecule has 6 heteroatoms. The molecule has 1 fully saturated rings. The number of aryl methyl sites for hydroxylation is 2. The van der Waals surface area contributed by atoms with E-state index >= 15 is 0 Å². The zero-order chi connectivity index (χ0) is 15.4. The van der Waals surface area contributed by atoms with E-state index in [2.05, 4.69) is 48.3 Å². The van der Waals surface area contributed by atoms with Crippen LogP contribution in [0.1, 0.15) is 48.7 Å². The second-order valence-corrected chi connectivity index (χ2v) is 7.72. The minimum atomic E-state index is 0. The Morgan fingerprint density at radius 2 is 1.86 bits per heavy atom. The van der Waals surface area contributed by atoms with Crippen LogP contribution in [0.5, 0.6) is 0 Å². The van der Waals surface area contributed by atoms with Crippen LogP contribution >= 0.6 is 35.3 Å². The third kappa shape index (κ3) is 5.68. The highest BCUT2D eigenvalue weighted by atomic mass is 127. The zero-order valence-electron chi connectivity index (χ0n) is 14.3. The van der Waals surface area contributed by atoms with Gasteiger partial charge in [-0.05, 0) is 44.9 Å². The molecule has 2 unspecified atom stereocenters. The Morgan fingerprint density at radius 3 is 2.36 bits per heavy atom. The molecule has 1 aliphatic rings. The van der Waals surface area contributed by atoms with Crippen molar-refractivity contribution in [2.75, 3.05) is 7.05 Å². The summed E-state index contributed by atoms with van der Waals surface area (Å²) in [6, 6.07) is 0.537. The summed E-state index contributed by atoms with van der Waals surface area (Å²) in [6.07, 6.45) is 3.82. The van der Waals surface area contributed by atoms with Gasteiger partial charge in [-0.1, -0.05) is 13.8 Å². The summed E-state index contributed by atoms with van der Waals surface area (Å²) >= 11 is 1.76. The number of hydrogen-bond acceptors (Lipinski definition) is 3. The van der Waals surface area contributed by atoms with Gasteiger partial charge in [0.05, 0.1) is 12.2 Å². The lowest BCUT2D eigenvalue weighted by Gasteiger charge is -2.32. The van der Waals surface area contributed by atoms with Crippen LogP contribution in [0.25, 0.3) is 0 Å². The lowest BCUT2D eigenvalue weighted by Crippen LogP contribution is -2.45. The standard InChI is InChI=1S/C16H28N4S.HI/c1-10-6-11(2)8-14(7-10)20-16(17-5)18-9-15-19-12(3)13(4)21-15;/h10-11,14H,6-9H2,1-5H3,(H2,17,18,20);1H. The lowest BCUT2D eigenvalue weighted by atomic mass is 9.80. The molecule has 2 rings (SSSR count). The van der Waals surface area contributed by atoms with E-state index in [1.165, 1.54) is 24.1 Å². The van der Waals surface area contributed by atoms with Gasteiger partial charge < -0.3 is 10.6 Å². The van der Waals surface area contributed by atoms with Crippen LogP contribution in [0.4, 0.5) is 0 Å². The molecule has 1 aliphatic carbocycles. The Kier molecular flexibility index (Phi) is 8.10. The van der Waals surface area contributed by atoms with E-state index < -0.39 is 0 Å². The van der Waals surface area contributed by atoms with Gasteiger partial charge in [-0.25, -0.2) is 4.98 Å². The fraction of sp³-hybridized carbons (Fsp3) is 0.750. The molecule has 4 nitrogen and oxygen atoms in total. The van der Waals surface area contributed by atoms with Gasteiger partial charge in [0.25, 0.3) is 0 Å². The van der Waals surface area contributed by atoms with E-state index in [0.717, 1.165) is 35.0 Å². The van der Waals surface area contributed by atoms with E-state index in [9.17, 15) is 0 Å². The summed E-state index contributed by atoms with van der Waals surface area (Å²) in [4.78, 5) is 10.2. The van der Waals surface area contributed by atoms with Crippen molar-refractivity contribution in [2.45, 2.75) is 59.5 Å². The predicted octanol–water partition coefficient (Wildman–Crippen LogP) is 3.87. The number of thiazole rings is 1. The zero-order valence-corrected chi connectivity index (χ0v) is 17.4. The van der Waals surface area contributed by atoms with Crippen molar-refractivity contribution in [1.29, 1.82) is 0 Å². The Hall–Kier alpha value is -0.370. The highest BCUT2D eigenvalue weighted by Gasteiger charge is 2.24. The number of halogens is 1. The maximum Gasteiger partial charge on any atom is 0.191 e. The molecule has 1 aromatic rings. The van der Waals surface area contributed by atoms with Crippen molar-refractivity contribution in [3.63, 3.8) is 0 Å². The maximum atomic E-state index is 4.56. The Labute approximate surface area is 155 Å². The molecule has 0 amide bonds. The molecule has 2 N–H and O–H groups in total. The van der Waals surface area contributed by atoms with Gasteiger partial charge in [0.1, 0.15) is 5.01 Å². The monoisotopic (exact) mass is 436 g/mol.